The fourth-order valence-electron chi connectivity index (χ4n) is 4.79. The van der Waals surface area contributed by atoms with E-state index in [1.54, 1.807) is 42.6 Å². The molecule has 5 rings (SSSR count). The van der Waals surface area contributed by atoms with Gasteiger partial charge >= 0.3 is 12.1 Å². The second kappa shape index (κ2) is 14.9. The van der Waals surface area contributed by atoms with E-state index in [0.717, 1.165) is 28.9 Å². The molecule has 0 unspecified atom stereocenters. The first-order valence-electron chi connectivity index (χ1n) is 15.4. The molecule has 49 heavy (non-hydrogen) atoms. The van der Waals surface area contributed by atoms with Gasteiger partial charge < -0.3 is 24.9 Å². The van der Waals surface area contributed by atoms with Crippen molar-refractivity contribution >= 4 is 11.7 Å². The van der Waals surface area contributed by atoms with E-state index in [9.17, 15) is 22.4 Å². The molecular formula is C36H35F4N5O4. The number of anilines is 1. The molecular weight excluding hydrogens is 642 g/mol. The van der Waals surface area contributed by atoms with Crippen LogP contribution in [0.4, 0.5) is 23.2 Å². The van der Waals surface area contributed by atoms with Crippen LogP contribution in [0.25, 0.3) is 22.6 Å². The Morgan fingerprint density at radius 3 is 2.24 bits per heavy atom. The molecule has 3 aromatic carbocycles. The van der Waals surface area contributed by atoms with Gasteiger partial charge in [-0.25, -0.2) is 9.37 Å². The summed E-state index contributed by atoms with van der Waals surface area (Å²) in [6.07, 6.45) is -3.04. The van der Waals surface area contributed by atoms with Crippen molar-refractivity contribution < 1.29 is 36.6 Å². The van der Waals surface area contributed by atoms with Crippen LogP contribution in [0.15, 0.2) is 89.5 Å². The van der Waals surface area contributed by atoms with E-state index in [0.29, 0.717) is 47.9 Å². The molecule has 3 N–H and O–H groups in total. The maximum Gasteiger partial charge on any atom is 0.416 e. The van der Waals surface area contributed by atoms with Crippen LogP contribution in [0.2, 0.25) is 0 Å². The average molecular weight is 678 g/mol. The minimum atomic E-state index is -4.64. The normalized spacial score (nSPS) is 12.5. The summed E-state index contributed by atoms with van der Waals surface area (Å²) in [5, 5.41) is 23.6. The number of halogens is 4. The third-order valence-corrected chi connectivity index (χ3v) is 7.51. The average Bonchev–Trinajstić information content (AvgIpc) is 3.57. The van der Waals surface area contributed by atoms with Crippen LogP contribution in [0.5, 0.6) is 5.88 Å². The highest BCUT2D eigenvalue weighted by Crippen LogP contribution is 2.33. The van der Waals surface area contributed by atoms with Crippen molar-refractivity contribution in [2.24, 2.45) is 0 Å². The number of aliphatic carboxylic acids is 1. The van der Waals surface area contributed by atoms with Crippen LogP contribution in [0.1, 0.15) is 55.8 Å². The van der Waals surface area contributed by atoms with Crippen molar-refractivity contribution in [3.8, 4) is 28.5 Å². The highest BCUT2D eigenvalue weighted by atomic mass is 19.4. The predicted octanol–water partition coefficient (Wildman–Crippen LogP) is 8.05. The first-order valence-corrected chi connectivity index (χ1v) is 15.4. The standard InChI is InChI=1S/C36H35F4N5O4/c1-35(2,3)34-45-44-33(49-34)25-10-15-31(42-20-25)48-21-30(43-27-12-4-22(5-13-27)19-41-17-16-32(46)47)24-8-6-23(7-9-24)28-14-11-26(18-29(28)37)36(38,39)40/h4-15,18,20,30,41,43H,16-17,19,21H2,1-3H3,(H,46,47)/t30-/m1/s1. The summed E-state index contributed by atoms with van der Waals surface area (Å²) in [6.45, 7) is 6.91. The van der Waals surface area contributed by atoms with Crippen LogP contribution in [-0.2, 0) is 22.9 Å². The van der Waals surface area contributed by atoms with Crippen molar-refractivity contribution in [2.75, 3.05) is 18.5 Å². The fraction of sp³-hybridized carbons (Fsp3) is 0.278. The van der Waals surface area contributed by atoms with Gasteiger partial charge in [0.05, 0.1) is 23.6 Å². The summed E-state index contributed by atoms with van der Waals surface area (Å²) in [6, 6.07) is 19.9. The Bertz CT molecular complexity index is 1850. The number of carboxylic acid groups (broad SMARTS) is 1. The number of alkyl halides is 3. The van der Waals surface area contributed by atoms with Gasteiger partial charge in [-0.2, -0.15) is 13.2 Å². The van der Waals surface area contributed by atoms with E-state index in [-0.39, 0.29) is 24.0 Å². The number of ether oxygens (including phenoxy) is 1. The van der Waals surface area contributed by atoms with Gasteiger partial charge in [0.15, 0.2) is 0 Å². The Morgan fingerprint density at radius 1 is 0.939 bits per heavy atom. The fourth-order valence-corrected chi connectivity index (χ4v) is 4.79. The number of hydrogen-bond acceptors (Lipinski definition) is 8. The molecule has 0 bridgehead atoms. The third kappa shape index (κ3) is 9.41. The number of carbonyl (C=O) groups is 1. The molecule has 0 radical (unpaired) electrons. The van der Waals surface area contributed by atoms with E-state index >= 15 is 0 Å². The maximum atomic E-state index is 14.7. The van der Waals surface area contributed by atoms with Gasteiger partial charge in [-0.05, 0) is 47.0 Å². The molecule has 2 aromatic heterocycles. The van der Waals surface area contributed by atoms with Crippen molar-refractivity contribution in [2.45, 2.75) is 51.4 Å². The lowest BCUT2D eigenvalue weighted by Gasteiger charge is -2.21. The molecule has 0 aliphatic rings. The zero-order valence-electron chi connectivity index (χ0n) is 27.0. The third-order valence-electron chi connectivity index (χ3n) is 7.51. The van der Waals surface area contributed by atoms with Gasteiger partial charge in [-0.3, -0.25) is 4.79 Å². The van der Waals surface area contributed by atoms with Gasteiger partial charge in [0, 0.05) is 42.0 Å². The number of rotatable bonds is 13. The molecule has 5 aromatic rings. The number of nitrogens with zero attached hydrogens (tertiary/aromatic N) is 3. The molecule has 0 spiro atoms. The van der Waals surface area contributed by atoms with Crippen LogP contribution in [0.3, 0.4) is 0 Å². The molecule has 0 amide bonds. The molecule has 2 heterocycles. The Kier molecular flexibility index (Phi) is 10.6. The molecule has 0 saturated carbocycles. The zero-order chi connectivity index (χ0) is 35.2. The van der Waals surface area contributed by atoms with E-state index in [1.807, 2.05) is 45.0 Å². The SMILES string of the molecule is CC(C)(C)c1nnc(-c2ccc(OC[C@@H](Nc3ccc(CNCCC(=O)O)cc3)c3ccc(-c4ccc(C(F)(F)F)cc4F)cc3)nc2)o1. The highest BCUT2D eigenvalue weighted by Gasteiger charge is 2.31. The number of aromatic nitrogens is 3. The number of hydrogen-bond donors (Lipinski definition) is 3. The van der Waals surface area contributed by atoms with E-state index in [4.69, 9.17) is 14.3 Å². The largest absolute Gasteiger partial charge is 0.481 e. The smallest absolute Gasteiger partial charge is 0.416 e. The predicted molar refractivity (Wildman–Crippen MR) is 175 cm³/mol. The number of carboxylic acids is 1. The van der Waals surface area contributed by atoms with Crippen LogP contribution >= 0.6 is 0 Å². The van der Waals surface area contributed by atoms with Gasteiger partial charge in [0.2, 0.25) is 17.7 Å². The summed E-state index contributed by atoms with van der Waals surface area (Å²) >= 11 is 0. The van der Waals surface area contributed by atoms with Crippen molar-refractivity contribution in [1.29, 1.82) is 0 Å². The lowest BCUT2D eigenvalue weighted by Crippen LogP contribution is -2.19. The monoisotopic (exact) mass is 677 g/mol. The van der Waals surface area contributed by atoms with Crippen LogP contribution in [-0.4, -0.2) is 39.4 Å². The Morgan fingerprint density at radius 2 is 1.65 bits per heavy atom. The van der Waals surface area contributed by atoms with Crippen molar-refractivity contribution in [3.05, 3.63) is 113 Å². The second-order valence-electron chi connectivity index (χ2n) is 12.4. The molecule has 13 heteroatoms. The molecule has 0 saturated heterocycles. The van der Waals surface area contributed by atoms with Crippen LogP contribution in [0, 0.1) is 5.82 Å². The summed E-state index contributed by atoms with van der Waals surface area (Å²) in [7, 11) is 0. The lowest BCUT2D eigenvalue weighted by atomic mass is 9.97. The van der Waals surface area contributed by atoms with E-state index < -0.39 is 29.6 Å². The summed E-state index contributed by atoms with van der Waals surface area (Å²) in [4.78, 5) is 15.2. The quantitative estimate of drug-likeness (QED) is 0.0839. The van der Waals surface area contributed by atoms with Crippen molar-refractivity contribution in [3.63, 3.8) is 0 Å². The van der Waals surface area contributed by atoms with Crippen LogP contribution < -0.4 is 15.4 Å². The molecule has 9 nitrogen and oxygen atoms in total. The molecule has 0 fully saturated rings. The van der Waals surface area contributed by atoms with Gasteiger partial charge in [-0.15, -0.1) is 10.2 Å². The first-order chi connectivity index (χ1) is 23.3. The topological polar surface area (TPSA) is 122 Å². The Balaban J connectivity index is 1.32. The Labute approximate surface area is 280 Å². The second-order valence-corrected chi connectivity index (χ2v) is 12.4. The van der Waals surface area contributed by atoms with E-state index in [2.05, 4.69) is 25.8 Å². The van der Waals surface area contributed by atoms with E-state index in [1.165, 1.54) is 0 Å². The zero-order valence-corrected chi connectivity index (χ0v) is 27.0. The van der Waals surface area contributed by atoms with Gasteiger partial charge in [0.1, 0.15) is 12.4 Å². The summed E-state index contributed by atoms with van der Waals surface area (Å²) in [5.41, 5.74) is 2.26. The summed E-state index contributed by atoms with van der Waals surface area (Å²) in [5.74, 6) is -0.648. The minimum Gasteiger partial charge on any atom is -0.481 e. The minimum absolute atomic E-state index is 0.0261. The van der Waals surface area contributed by atoms with Gasteiger partial charge in [-0.1, -0.05) is 63.2 Å². The Hall–Kier alpha value is -5.30. The molecule has 256 valence electrons. The highest BCUT2D eigenvalue weighted by molar-refractivity contribution is 5.67. The van der Waals surface area contributed by atoms with Gasteiger partial charge in [0.25, 0.3) is 0 Å². The molecule has 0 aliphatic carbocycles. The number of pyridine rings is 1. The first kappa shape index (κ1) is 35.0. The number of benzene rings is 3. The number of nitrogens with one attached hydrogen (secondary N) is 2. The lowest BCUT2D eigenvalue weighted by molar-refractivity contribution is -0.138. The molecule has 0 aliphatic heterocycles. The summed E-state index contributed by atoms with van der Waals surface area (Å²) < 4.78 is 65.7. The van der Waals surface area contributed by atoms with Crippen molar-refractivity contribution in [1.82, 2.24) is 20.5 Å². The molecule has 1 atom stereocenters. The maximum absolute atomic E-state index is 14.7.